The first kappa shape index (κ1) is 13.6. The van der Waals surface area contributed by atoms with Gasteiger partial charge >= 0.3 is 0 Å². The third-order valence-corrected chi connectivity index (χ3v) is 4.54. The third-order valence-electron chi connectivity index (χ3n) is 4.54. The lowest BCUT2D eigenvalue weighted by molar-refractivity contribution is -0.0145. The monoisotopic (exact) mass is 246 g/mol. The summed E-state index contributed by atoms with van der Waals surface area (Å²) >= 11 is 0. The fourth-order valence-corrected chi connectivity index (χ4v) is 3.12. The van der Waals surface area contributed by atoms with Gasteiger partial charge in [0.1, 0.15) is 0 Å². The van der Waals surface area contributed by atoms with Gasteiger partial charge in [-0.15, -0.1) is 0 Å². The minimum atomic E-state index is -0.559. The summed E-state index contributed by atoms with van der Waals surface area (Å²) in [6, 6.07) is 8.64. The zero-order valence-corrected chi connectivity index (χ0v) is 11.8. The quantitative estimate of drug-likeness (QED) is 0.833. The van der Waals surface area contributed by atoms with Gasteiger partial charge in [0.15, 0.2) is 0 Å². The molecule has 0 saturated heterocycles. The second-order valence-electron chi connectivity index (χ2n) is 5.83. The Morgan fingerprint density at radius 3 is 2.22 bits per heavy atom. The minimum Gasteiger partial charge on any atom is -0.385 e. The first-order valence-corrected chi connectivity index (χ1v) is 7.49. The Morgan fingerprint density at radius 2 is 1.72 bits per heavy atom. The highest BCUT2D eigenvalue weighted by atomic mass is 16.3. The Bertz CT molecular complexity index is 358. The molecule has 100 valence electrons. The molecule has 2 rings (SSSR count). The highest BCUT2D eigenvalue weighted by Crippen LogP contribution is 2.40. The van der Waals surface area contributed by atoms with E-state index in [0.717, 1.165) is 30.7 Å². The average molecular weight is 246 g/mol. The van der Waals surface area contributed by atoms with E-state index in [0.29, 0.717) is 0 Å². The molecule has 0 aliphatic heterocycles. The van der Waals surface area contributed by atoms with Crippen molar-refractivity contribution in [3.63, 3.8) is 0 Å². The van der Waals surface area contributed by atoms with E-state index in [4.69, 9.17) is 0 Å². The van der Waals surface area contributed by atoms with Crippen molar-refractivity contribution in [2.24, 2.45) is 5.92 Å². The molecule has 1 nitrogen and oxygen atoms in total. The van der Waals surface area contributed by atoms with Crippen molar-refractivity contribution in [1.82, 2.24) is 0 Å². The number of aliphatic hydroxyl groups is 1. The van der Waals surface area contributed by atoms with Crippen LogP contribution in [0.3, 0.4) is 0 Å². The van der Waals surface area contributed by atoms with Crippen LogP contribution in [0.4, 0.5) is 0 Å². The lowest BCUT2D eigenvalue weighted by Gasteiger charge is -2.36. The summed E-state index contributed by atoms with van der Waals surface area (Å²) in [5.74, 6) is 0.824. The SMILES string of the molecule is CCCc1ccc(C2(O)CCC(CC)CC2)cc1. The van der Waals surface area contributed by atoms with Crippen molar-refractivity contribution in [3.05, 3.63) is 35.4 Å². The summed E-state index contributed by atoms with van der Waals surface area (Å²) in [5, 5.41) is 10.8. The molecule has 0 spiro atoms. The van der Waals surface area contributed by atoms with Crippen LogP contribution in [0.25, 0.3) is 0 Å². The number of benzene rings is 1. The van der Waals surface area contributed by atoms with Crippen molar-refractivity contribution in [1.29, 1.82) is 0 Å². The third kappa shape index (κ3) is 2.95. The van der Waals surface area contributed by atoms with Gasteiger partial charge in [0, 0.05) is 0 Å². The lowest BCUT2D eigenvalue weighted by atomic mass is 9.74. The second kappa shape index (κ2) is 5.88. The predicted molar refractivity (Wildman–Crippen MR) is 76.6 cm³/mol. The zero-order valence-electron chi connectivity index (χ0n) is 11.8. The van der Waals surface area contributed by atoms with Crippen LogP contribution in [-0.4, -0.2) is 5.11 Å². The first-order chi connectivity index (χ1) is 8.68. The van der Waals surface area contributed by atoms with E-state index < -0.39 is 5.60 Å². The van der Waals surface area contributed by atoms with Gasteiger partial charge in [0.05, 0.1) is 5.60 Å². The Kier molecular flexibility index (Phi) is 4.45. The van der Waals surface area contributed by atoms with E-state index in [1.807, 2.05) is 0 Å². The van der Waals surface area contributed by atoms with E-state index in [2.05, 4.69) is 38.1 Å². The molecule has 0 radical (unpaired) electrons. The molecule has 1 aliphatic carbocycles. The van der Waals surface area contributed by atoms with Gasteiger partial charge in [-0.1, -0.05) is 51.0 Å². The highest BCUT2D eigenvalue weighted by Gasteiger charge is 2.33. The molecule has 0 amide bonds. The van der Waals surface area contributed by atoms with Crippen LogP contribution < -0.4 is 0 Å². The van der Waals surface area contributed by atoms with Crippen LogP contribution in [0.5, 0.6) is 0 Å². The van der Waals surface area contributed by atoms with Crippen molar-refractivity contribution in [3.8, 4) is 0 Å². The normalized spacial score (nSPS) is 28.3. The molecule has 1 heteroatoms. The molecule has 0 unspecified atom stereocenters. The Morgan fingerprint density at radius 1 is 1.11 bits per heavy atom. The first-order valence-electron chi connectivity index (χ1n) is 7.49. The molecule has 0 aromatic heterocycles. The van der Waals surface area contributed by atoms with E-state index in [1.54, 1.807) is 0 Å². The van der Waals surface area contributed by atoms with E-state index in [9.17, 15) is 5.11 Å². The van der Waals surface area contributed by atoms with E-state index in [-0.39, 0.29) is 0 Å². The summed E-state index contributed by atoms with van der Waals surface area (Å²) in [7, 11) is 0. The van der Waals surface area contributed by atoms with Gasteiger partial charge in [-0.3, -0.25) is 0 Å². The molecule has 1 aliphatic rings. The Labute approximate surface area is 111 Å². The number of aryl methyl sites for hydroxylation is 1. The van der Waals surface area contributed by atoms with Crippen LogP contribution in [0.2, 0.25) is 0 Å². The van der Waals surface area contributed by atoms with Gasteiger partial charge in [0.2, 0.25) is 0 Å². The molecule has 0 bridgehead atoms. The maximum Gasteiger partial charge on any atom is 0.0896 e. The fraction of sp³-hybridized carbons (Fsp3) is 0.647. The van der Waals surface area contributed by atoms with E-state index in [1.165, 1.54) is 31.2 Å². The summed E-state index contributed by atoms with van der Waals surface area (Å²) in [6.07, 6.45) is 7.77. The minimum absolute atomic E-state index is 0.559. The largest absolute Gasteiger partial charge is 0.385 e. The van der Waals surface area contributed by atoms with Crippen molar-refractivity contribution >= 4 is 0 Å². The van der Waals surface area contributed by atoms with Gasteiger partial charge in [-0.2, -0.15) is 0 Å². The van der Waals surface area contributed by atoms with Gasteiger partial charge in [0.25, 0.3) is 0 Å². The van der Waals surface area contributed by atoms with Crippen molar-refractivity contribution in [2.75, 3.05) is 0 Å². The van der Waals surface area contributed by atoms with Gasteiger partial charge in [-0.25, -0.2) is 0 Å². The molecular formula is C17H26O. The smallest absolute Gasteiger partial charge is 0.0896 e. The molecule has 0 atom stereocenters. The lowest BCUT2D eigenvalue weighted by Crippen LogP contribution is -2.31. The number of hydrogen-bond donors (Lipinski definition) is 1. The standard InChI is InChI=1S/C17H26O/c1-3-5-15-6-8-16(9-7-15)17(18)12-10-14(4-2)11-13-17/h6-9,14,18H,3-5,10-13H2,1-2H3. The van der Waals surface area contributed by atoms with Crippen LogP contribution in [0, 0.1) is 5.92 Å². The molecule has 1 fully saturated rings. The summed E-state index contributed by atoms with van der Waals surface area (Å²) < 4.78 is 0. The second-order valence-corrected chi connectivity index (χ2v) is 5.83. The molecule has 1 aromatic rings. The predicted octanol–water partition coefficient (Wildman–Crippen LogP) is 4.43. The summed E-state index contributed by atoms with van der Waals surface area (Å²) in [4.78, 5) is 0. The molecule has 18 heavy (non-hydrogen) atoms. The van der Waals surface area contributed by atoms with Gasteiger partial charge < -0.3 is 5.11 Å². The topological polar surface area (TPSA) is 20.2 Å². The molecule has 1 aromatic carbocycles. The molecule has 1 N–H and O–H groups in total. The maximum absolute atomic E-state index is 10.8. The van der Waals surface area contributed by atoms with Crippen molar-refractivity contribution < 1.29 is 5.11 Å². The van der Waals surface area contributed by atoms with E-state index >= 15 is 0 Å². The van der Waals surface area contributed by atoms with Crippen molar-refractivity contribution in [2.45, 2.75) is 64.4 Å². The average Bonchev–Trinajstić information content (AvgIpc) is 2.41. The number of hydrogen-bond acceptors (Lipinski definition) is 1. The van der Waals surface area contributed by atoms with Crippen LogP contribution in [-0.2, 0) is 12.0 Å². The van der Waals surface area contributed by atoms with Gasteiger partial charge in [-0.05, 0) is 49.1 Å². The summed E-state index contributed by atoms with van der Waals surface area (Å²) in [5.41, 5.74) is 1.94. The Balaban J connectivity index is 2.06. The molecule has 0 heterocycles. The molecular weight excluding hydrogens is 220 g/mol. The Hall–Kier alpha value is -0.820. The van der Waals surface area contributed by atoms with Crippen LogP contribution in [0.15, 0.2) is 24.3 Å². The van der Waals surface area contributed by atoms with Crippen LogP contribution in [0.1, 0.15) is 63.5 Å². The number of rotatable bonds is 4. The summed E-state index contributed by atoms with van der Waals surface area (Å²) in [6.45, 7) is 4.46. The van der Waals surface area contributed by atoms with Crippen LogP contribution >= 0.6 is 0 Å². The fourth-order valence-electron chi connectivity index (χ4n) is 3.12. The highest BCUT2D eigenvalue weighted by molar-refractivity contribution is 5.27. The maximum atomic E-state index is 10.8. The zero-order chi connectivity index (χ0) is 13.0. The molecule has 1 saturated carbocycles.